The normalized spacial score (nSPS) is 25.0. The molecule has 2 aliphatic heterocycles. The number of rotatable bonds is 7. The van der Waals surface area contributed by atoms with Crippen LogP contribution in [-0.2, 0) is 4.79 Å². The maximum Gasteiger partial charge on any atom is 0.224 e. The van der Waals surface area contributed by atoms with E-state index in [2.05, 4.69) is 29.0 Å². The van der Waals surface area contributed by atoms with Crippen molar-refractivity contribution in [2.45, 2.75) is 39.5 Å². The van der Waals surface area contributed by atoms with E-state index in [9.17, 15) is 4.79 Å². The van der Waals surface area contributed by atoms with Crippen molar-refractivity contribution in [3.63, 3.8) is 0 Å². The van der Waals surface area contributed by atoms with E-state index in [0.29, 0.717) is 0 Å². The highest BCUT2D eigenvalue weighted by Gasteiger charge is 2.27. The quantitative estimate of drug-likeness (QED) is 0.654. The van der Waals surface area contributed by atoms with E-state index in [4.69, 9.17) is 9.72 Å². The van der Waals surface area contributed by atoms with Gasteiger partial charge in [-0.25, -0.2) is 4.98 Å². The first-order valence-corrected chi connectivity index (χ1v) is 12.5. The van der Waals surface area contributed by atoms with Gasteiger partial charge in [0.2, 0.25) is 5.91 Å². The molecule has 0 bridgehead atoms. The zero-order chi connectivity index (χ0) is 21.8. The summed E-state index contributed by atoms with van der Waals surface area (Å²) in [6, 6.07) is 5.99. The zero-order valence-electron chi connectivity index (χ0n) is 19.1. The highest BCUT2D eigenvalue weighted by molar-refractivity contribution is 7.22. The molecule has 0 spiro atoms. The molecular formula is C24H36N4O2S. The summed E-state index contributed by atoms with van der Waals surface area (Å²) in [4.78, 5) is 22.4. The molecule has 170 valence electrons. The number of piperidine rings is 2. The van der Waals surface area contributed by atoms with Crippen LogP contribution in [-0.4, -0.2) is 62.2 Å². The van der Waals surface area contributed by atoms with Crippen LogP contribution in [0, 0.1) is 17.8 Å². The van der Waals surface area contributed by atoms with Gasteiger partial charge in [0.1, 0.15) is 5.75 Å². The van der Waals surface area contributed by atoms with Crippen molar-refractivity contribution in [1.29, 1.82) is 0 Å². The predicted molar refractivity (Wildman–Crippen MR) is 128 cm³/mol. The zero-order valence-corrected chi connectivity index (χ0v) is 19.9. The van der Waals surface area contributed by atoms with Crippen LogP contribution in [0.15, 0.2) is 18.2 Å². The second-order valence-corrected chi connectivity index (χ2v) is 10.5. The number of thiazole rings is 1. The first kappa shape index (κ1) is 22.3. The van der Waals surface area contributed by atoms with Gasteiger partial charge in [-0.1, -0.05) is 25.2 Å². The Labute approximate surface area is 190 Å². The molecular weight excluding hydrogens is 408 g/mol. The number of carbonyl (C=O) groups is 1. The van der Waals surface area contributed by atoms with E-state index in [0.717, 1.165) is 78.4 Å². The van der Waals surface area contributed by atoms with Gasteiger partial charge in [0, 0.05) is 32.7 Å². The van der Waals surface area contributed by atoms with Gasteiger partial charge < -0.3 is 19.9 Å². The minimum Gasteiger partial charge on any atom is -0.497 e. The van der Waals surface area contributed by atoms with E-state index in [-0.39, 0.29) is 11.8 Å². The summed E-state index contributed by atoms with van der Waals surface area (Å²) in [7, 11) is 1.69. The molecule has 1 amide bonds. The van der Waals surface area contributed by atoms with Crippen molar-refractivity contribution in [3.8, 4) is 5.75 Å². The molecule has 2 aliphatic rings. The number of ether oxygens (including phenoxy) is 1. The number of benzene rings is 1. The molecule has 0 saturated carbocycles. The summed E-state index contributed by atoms with van der Waals surface area (Å²) < 4.78 is 6.46. The molecule has 2 saturated heterocycles. The molecule has 31 heavy (non-hydrogen) atoms. The molecule has 0 radical (unpaired) electrons. The minimum absolute atomic E-state index is 0.0466. The standard InChI is InChI=1S/C24H36N4O2S/c1-17-12-18(2)15-27(14-17)10-5-9-25-23(29)19-6-4-11-28(16-19)24-26-21-8-7-20(30-3)13-22(21)31-24/h7-8,13,17-19H,4-6,9-12,14-16H2,1-3H3,(H,25,29)/t17-,18+,19-/m1/s1. The van der Waals surface area contributed by atoms with Crippen molar-refractivity contribution < 1.29 is 9.53 Å². The maximum absolute atomic E-state index is 12.8. The van der Waals surface area contributed by atoms with Crippen molar-refractivity contribution in [3.05, 3.63) is 18.2 Å². The summed E-state index contributed by atoms with van der Waals surface area (Å²) in [5, 5.41) is 4.21. The van der Waals surface area contributed by atoms with Crippen LogP contribution in [0.1, 0.15) is 39.5 Å². The van der Waals surface area contributed by atoms with Gasteiger partial charge in [-0.05, 0) is 62.3 Å². The van der Waals surface area contributed by atoms with Crippen molar-refractivity contribution in [2.24, 2.45) is 17.8 Å². The smallest absolute Gasteiger partial charge is 0.224 e. The van der Waals surface area contributed by atoms with Crippen molar-refractivity contribution >= 4 is 32.6 Å². The Morgan fingerprint density at radius 1 is 1.26 bits per heavy atom. The molecule has 2 fully saturated rings. The topological polar surface area (TPSA) is 57.7 Å². The number of aromatic nitrogens is 1. The maximum atomic E-state index is 12.8. The van der Waals surface area contributed by atoms with Gasteiger partial charge in [-0.3, -0.25) is 4.79 Å². The van der Waals surface area contributed by atoms with Crippen molar-refractivity contribution in [1.82, 2.24) is 15.2 Å². The fourth-order valence-electron chi connectivity index (χ4n) is 5.15. The molecule has 6 nitrogen and oxygen atoms in total. The summed E-state index contributed by atoms with van der Waals surface area (Å²) in [6.45, 7) is 10.7. The Balaban J connectivity index is 1.26. The molecule has 1 aromatic heterocycles. The number of hydrogen-bond acceptors (Lipinski definition) is 6. The number of methoxy groups -OCH3 is 1. The molecule has 3 atom stereocenters. The number of anilines is 1. The van der Waals surface area contributed by atoms with E-state index >= 15 is 0 Å². The lowest BCUT2D eigenvalue weighted by Gasteiger charge is -2.35. The van der Waals surface area contributed by atoms with E-state index in [1.165, 1.54) is 19.5 Å². The first-order valence-electron chi connectivity index (χ1n) is 11.7. The highest BCUT2D eigenvalue weighted by Crippen LogP contribution is 2.33. The highest BCUT2D eigenvalue weighted by atomic mass is 32.1. The lowest BCUT2D eigenvalue weighted by Crippen LogP contribution is -2.44. The van der Waals surface area contributed by atoms with E-state index in [1.54, 1.807) is 18.4 Å². The Morgan fingerprint density at radius 3 is 2.84 bits per heavy atom. The molecule has 0 aliphatic carbocycles. The van der Waals surface area contributed by atoms with E-state index in [1.807, 2.05) is 18.2 Å². The monoisotopic (exact) mass is 444 g/mol. The van der Waals surface area contributed by atoms with Gasteiger partial charge >= 0.3 is 0 Å². The fourth-order valence-corrected chi connectivity index (χ4v) is 6.18. The van der Waals surface area contributed by atoms with Crippen LogP contribution >= 0.6 is 11.3 Å². The number of amides is 1. The minimum atomic E-state index is 0.0466. The average Bonchev–Trinajstić information content (AvgIpc) is 3.19. The van der Waals surface area contributed by atoms with Gasteiger partial charge in [0.25, 0.3) is 0 Å². The third kappa shape index (κ3) is 5.69. The fraction of sp³-hybridized carbons (Fsp3) is 0.667. The third-order valence-corrected chi connectivity index (χ3v) is 7.62. The Hall–Kier alpha value is -1.86. The number of likely N-dealkylation sites (tertiary alicyclic amines) is 1. The average molecular weight is 445 g/mol. The number of nitrogens with zero attached hydrogens (tertiary/aromatic N) is 3. The summed E-state index contributed by atoms with van der Waals surface area (Å²) in [6.07, 6.45) is 4.36. The predicted octanol–water partition coefficient (Wildman–Crippen LogP) is 4.01. The number of hydrogen-bond donors (Lipinski definition) is 1. The molecule has 7 heteroatoms. The molecule has 3 heterocycles. The van der Waals surface area contributed by atoms with E-state index < -0.39 is 0 Å². The molecule has 1 aromatic carbocycles. The summed E-state index contributed by atoms with van der Waals surface area (Å²) in [5.74, 6) is 2.68. The molecule has 4 rings (SSSR count). The van der Waals surface area contributed by atoms with Crippen LogP contribution in [0.2, 0.25) is 0 Å². The lowest BCUT2D eigenvalue weighted by molar-refractivity contribution is -0.125. The number of nitrogens with one attached hydrogen (secondary N) is 1. The van der Waals surface area contributed by atoms with Gasteiger partial charge in [0.05, 0.1) is 23.2 Å². The molecule has 0 unspecified atom stereocenters. The summed E-state index contributed by atoms with van der Waals surface area (Å²) >= 11 is 1.68. The largest absolute Gasteiger partial charge is 0.497 e. The summed E-state index contributed by atoms with van der Waals surface area (Å²) in [5.41, 5.74) is 0.994. The lowest BCUT2D eigenvalue weighted by atomic mass is 9.92. The van der Waals surface area contributed by atoms with Gasteiger partial charge in [-0.15, -0.1) is 0 Å². The second-order valence-electron chi connectivity index (χ2n) is 9.47. The number of fused-ring (bicyclic) bond motifs is 1. The Kier molecular flexibility index (Phi) is 7.33. The third-order valence-electron chi connectivity index (χ3n) is 6.54. The van der Waals surface area contributed by atoms with Crippen LogP contribution in [0.3, 0.4) is 0 Å². The Morgan fingerprint density at radius 2 is 2.06 bits per heavy atom. The molecule has 1 N–H and O–H groups in total. The second kappa shape index (κ2) is 10.2. The van der Waals surface area contributed by atoms with Crippen LogP contribution < -0.4 is 15.0 Å². The van der Waals surface area contributed by atoms with Crippen LogP contribution in [0.25, 0.3) is 10.2 Å². The van der Waals surface area contributed by atoms with Crippen LogP contribution in [0.4, 0.5) is 5.13 Å². The Bertz CT molecular complexity index is 876. The molecule has 2 aromatic rings. The van der Waals surface area contributed by atoms with Gasteiger partial charge in [-0.2, -0.15) is 0 Å². The van der Waals surface area contributed by atoms with Gasteiger partial charge in [0.15, 0.2) is 5.13 Å². The SMILES string of the molecule is COc1ccc2nc(N3CCC[C@@H](C(=O)NCCCN4C[C@H](C)C[C@H](C)C4)C3)sc2c1. The van der Waals surface area contributed by atoms with Crippen molar-refractivity contribution in [2.75, 3.05) is 51.3 Å². The number of carbonyl (C=O) groups excluding carboxylic acids is 1. The first-order chi connectivity index (χ1) is 15.0. The van der Waals surface area contributed by atoms with Crippen LogP contribution in [0.5, 0.6) is 5.75 Å².